The number of aromatic nitrogens is 2. The molecule has 0 spiro atoms. The van der Waals surface area contributed by atoms with E-state index in [-0.39, 0.29) is 5.92 Å². The Morgan fingerprint density at radius 3 is 3.33 bits per heavy atom. The Balaban J connectivity index is 2.20. The van der Waals surface area contributed by atoms with Gasteiger partial charge in [-0.2, -0.15) is 0 Å². The lowest BCUT2D eigenvalue weighted by Gasteiger charge is -2.19. The van der Waals surface area contributed by atoms with Gasteiger partial charge in [0.1, 0.15) is 5.82 Å². The number of fused-ring (bicyclic) bond motifs is 1. The zero-order valence-corrected chi connectivity index (χ0v) is 6.60. The summed E-state index contributed by atoms with van der Waals surface area (Å²) in [6, 6.07) is 0. The van der Waals surface area contributed by atoms with Crippen LogP contribution in [0.3, 0.4) is 0 Å². The van der Waals surface area contributed by atoms with Crippen molar-refractivity contribution in [1.29, 1.82) is 0 Å². The van der Waals surface area contributed by atoms with Gasteiger partial charge in [-0.05, 0) is 6.42 Å². The van der Waals surface area contributed by atoms with E-state index in [1.807, 2.05) is 10.8 Å². The summed E-state index contributed by atoms with van der Waals surface area (Å²) >= 11 is 0. The van der Waals surface area contributed by atoms with Crippen LogP contribution in [0.4, 0.5) is 0 Å². The van der Waals surface area contributed by atoms with Gasteiger partial charge >= 0.3 is 5.97 Å². The van der Waals surface area contributed by atoms with Gasteiger partial charge in [0.05, 0.1) is 5.92 Å². The fourth-order valence-corrected chi connectivity index (χ4v) is 1.56. The molecule has 2 rings (SSSR count). The van der Waals surface area contributed by atoms with Gasteiger partial charge in [-0.3, -0.25) is 4.79 Å². The molecular weight excluding hydrogens is 156 g/mol. The molecule has 0 amide bonds. The monoisotopic (exact) mass is 166 g/mol. The molecule has 0 unspecified atom stereocenters. The minimum absolute atomic E-state index is 0.236. The Kier molecular flexibility index (Phi) is 1.60. The Morgan fingerprint density at radius 2 is 2.58 bits per heavy atom. The molecule has 1 aliphatic heterocycles. The third kappa shape index (κ3) is 1.09. The second kappa shape index (κ2) is 2.62. The molecule has 4 nitrogen and oxygen atoms in total. The topological polar surface area (TPSA) is 55.1 Å². The first-order chi connectivity index (χ1) is 5.77. The van der Waals surface area contributed by atoms with Crippen LogP contribution in [0.5, 0.6) is 0 Å². The molecule has 0 saturated carbocycles. The van der Waals surface area contributed by atoms with Crippen LogP contribution < -0.4 is 0 Å². The van der Waals surface area contributed by atoms with E-state index in [4.69, 9.17) is 5.11 Å². The van der Waals surface area contributed by atoms with Gasteiger partial charge in [0, 0.05) is 25.4 Å². The molecule has 1 aliphatic rings. The number of carboxylic acid groups (broad SMARTS) is 1. The number of hydrogen-bond acceptors (Lipinski definition) is 2. The van der Waals surface area contributed by atoms with Crippen molar-refractivity contribution >= 4 is 5.97 Å². The summed E-state index contributed by atoms with van der Waals surface area (Å²) in [5, 5.41) is 8.76. The molecule has 0 aliphatic carbocycles. The first-order valence-corrected chi connectivity index (χ1v) is 4.00. The third-order valence-corrected chi connectivity index (χ3v) is 2.30. The molecule has 64 valence electrons. The van der Waals surface area contributed by atoms with E-state index in [1.54, 1.807) is 6.20 Å². The number of rotatable bonds is 1. The molecule has 0 fully saturated rings. The fourth-order valence-electron chi connectivity index (χ4n) is 1.56. The molecule has 1 aromatic heterocycles. The summed E-state index contributed by atoms with van der Waals surface area (Å²) in [6.45, 7) is 0.784. The molecule has 0 aromatic carbocycles. The predicted molar refractivity (Wildman–Crippen MR) is 41.7 cm³/mol. The van der Waals surface area contributed by atoms with Gasteiger partial charge in [-0.15, -0.1) is 0 Å². The van der Waals surface area contributed by atoms with E-state index in [9.17, 15) is 4.79 Å². The van der Waals surface area contributed by atoms with Gasteiger partial charge in [-0.25, -0.2) is 4.98 Å². The molecule has 4 heteroatoms. The quantitative estimate of drug-likeness (QED) is 0.662. The lowest BCUT2D eigenvalue weighted by Crippen LogP contribution is -2.25. The Bertz CT molecular complexity index is 306. The van der Waals surface area contributed by atoms with Crippen molar-refractivity contribution in [3.63, 3.8) is 0 Å². The zero-order chi connectivity index (χ0) is 8.55. The Morgan fingerprint density at radius 1 is 1.75 bits per heavy atom. The van der Waals surface area contributed by atoms with Gasteiger partial charge in [0.15, 0.2) is 0 Å². The molecule has 0 saturated heterocycles. The lowest BCUT2D eigenvalue weighted by atomic mass is 9.98. The van der Waals surface area contributed by atoms with E-state index >= 15 is 0 Å². The maximum Gasteiger partial charge on any atom is 0.307 e. The summed E-state index contributed by atoms with van der Waals surface area (Å²) in [5.74, 6) is -0.0437. The van der Waals surface area contributed by atoms with E-state index in [1.165, 1.54) is 0 Å². The summed E-state index contributed by atoms with van der Waals surface area (Å²) in [5.41, 5.74) is 0. The highest BCUT2D eigenvalue weighted by atomic mass is 16.4. The highest BCUT2D eigenvalue weighted by molar-refractivity contribution is 5.70. The molecule has 1 atom stereocenters. The highest BCUT2D eigenvalue weighted by Gasteiger charge is 2.24. The van der Waals surface area contributed by atoms with Crippen LogP contribution in [0.2, 0.25) is 0 Å². The molecule has 0 radical (unpaired) electrons. The molecule has 1 N–H and O–H groups in total. The smallest absolute Gasteiger partial charge is 0.307 e. The number of hydrogen-bond donors (Lipinski definition) is 1. The number of nitrogens with zero attached hydrogens (tertiary/aromatic N) is 2. The maximum atomic E-state index is 10.6. The normalized spacial score (nSPS) is 21.8. The van der Waals surface area contributed by atoms with Crippen LogP contribution in [0, 0.1) is 5.92 Å². The molecule has 2 heterocycles. The summed E-state index contributed by atoms with van der Waals surface area (Å²) in [7, 11) is 0. The largest absolute Gasteiger partial charge is 0.481 e. The standard InChI is InChI=1S/C8H10N2O2/c11-8(12)6-1-3-10-4-2-9-7(10)5-6/h2,4,6H,1,3,5H2,(H,11,12)/t6-/m1/s1. The van der Waals surface area contributed by atoms with Crippen molar-refractivity contribution in [2.45, 2.75) is 19.4 Å². The van der Waals surface area contributed by atoms with Crippen molar-refractivity contribution in [2.24, 2.45) is 5.92 Å². The van der Waals surface area contributed by atoms with Gasteiger partial charge in [0.25, 0.3) is 0 Å². The highest BCUT2D eigenvalue weighted by Crippen LogP contribution is 2.18. The van der Waals surface area contributed by atoms with Crippen molar-refractivity contribution in [3.05, 3.63) is 18.2 Å². The van der Waals surface area contributed by atoms with Crippen LogP contribution >= 0.6 is 0 Å². The van der Waals surface area contributed by atoms with Gasteiger partial charge in [-0.1, -0.05) is 0 Å². The second-order valence-corrected chi connectivity index (χ2v) is 3.06. The summed E-state index contributed by atoms with van der Waals surface area (Å²) in [6.07, 6.45) is 4.91. The van der Waals surface area contributed by atoms with Crippen LogP contribution in [0.25, 0.3) is 0 Å². The minimum Gasteiger partial charge on any atom is -0.481 e. The SMILES string of the molecule is O=C(O)[C@@H]1CCn2ccnc2C1. The van der Waals surface area contributed by atoms with Crippen molar-refractivity contribution in [3.8, 4) is 0 Å². The molecular formula is C8H10N2O2. The van der Waals surface area contributed by atoms with Crippen molar-refractivity contribution in [1.82, 2.24) is 9.55 Å². The van der Waals surface area contributed by atoms with Gasteiger partial charge < -0.3 is 9.67 Å². The Hall–Kier alpha value is -1.32. The second-order valence-electron chi connectivity index (χ2n) is 3.06. The fraction of sp³-hybridized carbons (Fsp3) is 0.500. The lowest BCUT2D eigenvalue weighted by molar-refractivity contribution is -0.142. The number of aryl methyl sites for hydroxylation is 1. The molecule has 0 bridgehead atoms. The van der Waals surface area contributed by atoms with Gasteiger partial charge in [0.2, 0.25) is 0 Å². The number of aliphatic carboxylic acids is 1. The van der Waals surface area contributed by atoms with E-state index < -0.39 is 5.97 Å². The maximum absolute atomic E-state index is 10.6. The van der Waals surface area contributed by atoms with Crippen molar-refractivity contribution < 1.29 is 9.90 Å². The van der Waals surface area contributed by atoms with Crippen LogP contribution in [-0.2, 0) is 17.8 Å². The molecule has 12 heavy (non-hydrogen) atoms. The predicted octanol–water partition coefficient (Wildman–Crippen LogP) is 0.530. The number of carbonyl (C=O) groups is 1. The zero-order valence-electron chi connectivity index (χ0n) is 6.60. The van der Waals surface area contributed by atoms with E-state index in [0.717, 1.165) is 18.8 Å². The number of carboxylic acids is 1. The van der Waals surface area contributed by atoms with Crippen molar-refractivity contribution in [2.75, 3.05) is 0 Å². The average molecular weight is 166 g/mol. The molecule has 1 aromatic rings. The first-order valence-electron chi connectivity index (χ1n) is 4.00. The van der Waals surface area contributed by atoms with Crippen LogP contribution in [0.15, 0.2) is 12.4 Å². The first kappa shape index (κ1) is 7.34. The average Bonchev–Trinajstić information content (AvgIpc) is 2.49. The Labute approximate surface area is 69.8 Å². The third-order valence-electron chi connectivity index (χ3n) is 2.30. The van der Waals surface area contributed by atoms with E-state index in [2.05, 4.69) is 4.98 Å². The number of imidazole rings is 1. The minimum atomic E-state index is -0.704. The van der Waals surface area contributed by atoms with Crippen LogP contribution in [0.1, 0.15) is 12.2 Å². The summed E-state index contributed by atoms with van der Waals surface area (Å²) in [4.78, 5) is 14.7. The van der Waals surface area contributed by atoms with E-state index in [0.29, 0.717) is 6.42 Å². The summed E-state index contributed by atoms with van der Waals surface area (Å²) < 4.78 is 2.01. The van der Waals surface area contributed by atoms with Crippen LogP contribution in [-0.4, -0.2) is 20.6 Å².